The van der Waals surface area contributed by atoms with Crippen LogP contribution in [0.15, 0.2) is 30.3 Å². The zero-order valence-electron chi connectivity index (χ0n) is 15.1. The van der Waals surface area contributed by atoms with Crippen molar-refractivity contribution in [2.75, 3.05) is 26.2 Å². The fourth-order valence-electron chi connectivity index (χ4n) is 3.99. The van der Waals surface area contributed by atoms with Crippen molar-refractivity contribution in [3.8, 4) is 0 Å². The molecule has 3 heterocycles. The van der Waals surface area contributed by atoms with E-state index < -0.39 is 5.60 Å². The van der Waals surface area contributed by atoms with Gasteiger partial charge in [-0.3, -0.25) is 4.79 Å². The molecule has 144 valence electrons. The molecule has 1 spiro atoms. The molecule has 1 aromatic carbocycles. The molecule has 8 heteroatoms. The second-order valence-electron chi connectivity index (χ2n) is 7.52. The Morgan fingerprint density at radius 1 is 1.22 bits per heavy atom. The zero-order valence-corrected chi connectivity index (χ0v) is 15.1. The van der Waals surface area contributed by atoms with E-state index >= 15 is 0 Å². The van der Waals surface area contributed by atoms with Crippen LogP contribution in [-0.4, -0.2) is 65.7 Å². The van der Waals surface area contributed by atoms with Gasteiger partial charge in [0.1, 0.15) is 5.60 Å². The molecule has 0 unspecified atom stereocenters. The maximum absolute atomic E-state index is 12.6. The molecule has 1 aromatic rings. The van der Waals surface area contributed by atoms with E-state index in [0.717, 1.165) is 5.56 Å². The summed E-state index contributed by atoms with van der Waals surface area (Å²) in [5, 5.41) is 5.67. The van der Waals surface area contributed by atoms with E-state index in [1.54, 1.807) is 9.80 Å². The van der Waals surface area contributed by atoms with Crippen LogP contribution in [0, 0.1) is 0 Å². The van der Waals surface area contributed by atoms with Gasteiger partial charge < -0.3 is 25.2 Å². The Hall–Kier alpha value is -2.77. The number of ether oxygens (including phenoxy) is 1. The summed E-state index contributed by atoms with van der Waals surface area (Å²) < 4.78 is 5.38. The minimum Gasteiger partial charge on any atom is -0.441 e. The third-order valence-corrected chi connectivity index (χ3v) is 5.58. The summed E-state index contributed by atoms with van der Waals surface area (Å²) in [6.07, 6.45) is 1.21. The number of benzene rings is 1. The lowest BCUT2D eigenvalue weighted by Crippen LogP contribution is -2.53. The molecule has 1 atom stereocenters. The quantitative estimate of drug-likeness (QED) is 0.830. The van der Waals surface area contributed by atoms with E-state index in [4.69, 9.17) is 4.74 Å². The van der Waals surface area contributed by atoms with Crippen molar-refractivity contribution in [3.63, 3.8) is 0 Å². The van der Waals surface area contributed by atoms with Crippen molar-refractivity contribution in [2.24, 2.45) is 0 Å². The van der Waals surface area contributed by atoms with Gasteiger partial charge in [0.05, 0.1) is 12.6 Å². The number of urea groups is 1. The molecule has 3 saturated heterocycles. The molecule has 4 rings (SSSR count). The fraction of sp³-hybridized carbons (Fsp3) is 0.526. The highest BCUT2D eigenvalue weighted by Crippen LogP contribution is 2.29. The van der Waals surface area contributed by atoms with Crippen LogP contribution in [0.25, 0.3) is 0 Å². The Kier molecular flexibility index (Phi) is 4.63. The topological polar surface area (TPSA) is 91.0 Å². The van der Waals surface area contributed by atoms with Crippen molar-refractivity contribution < 1.29 is 19.1 Å². The van der Waals surface area contributed by atoms with Crippen LogP contribution in [0.2, 0.25) is 0 Å². The SMILES string of the molecule is O=C1NCC2(CCN(C(=O)N[C@H]3CC(=O)N(Cc4ccccc4)C3)CC2)O1. The number of amides is 4. The molecule has 8 nitrogen and oxygen atoms in total. The average molecular weight is 372 g/mol. The fourth-order valence-corrected chi connectivity index (χ4v) is 3.99. The maximum atomic E-state index is 12.6. The van der Waals surface area contributed by atoms with Crippen molar-refractivity contribution >= 4 is 18.0 Å². The first-order chi connectivity index (χ1) is 13.0. The highest BCUT2D eigenvalue weighted by molar-refractivity contribution is 5.81. The van der Waals surface area contributed by atoms with Crippen LogP contribution >= 0.6 is 0 Å². The highest BCUT2D eigenvalue weighted by atomic mass is 16.6. The van der Waals surface area contributed by atoms with Gasteiger partial charge in [0.25, 0.3) is 0 Å². The summed E-state index contributed by atoms with van der Waals surface area (Å²) in [4.78, 5) is 39.6. The van der Waals surface area contributed by atoms with Gasteiger partial charge in [0.2, 0.25) is 5.91 Å². The standard InChI is InChI=1S/C19H24N4O4/c24-16-10-15(12-23(16)11-14-4-2-1-3-5-14)21-17(25)22-8-6-19(7-9-22)13-20-18(26)27-19/h1-5,15H,6-13H2,(H,20,26)(H,21,25)/t15-/m0/s1. The summed E-state index contributed by atoms with van der Waals surface area (Å²) in [5.74, 6) is 0.0608. The van der Waals surface area contributed by atoms with Crippen LogP contribution in [0.4, 0.5) is 9.59 Å². The molecule has 0 radical (unpaired) electrons. The molecule has 3 fully saturated rings. The normalized spacial score (nSPS) is 24.1. The largest absolute Gasteiger partial charge is 0.441 e. The Morgan fingerprint density at radius 2 is 1.96 bits per heavy atom. The predicted octanol–water partition coefficient (Wildman–Crippen LogP) is 1.07. The van der Waals surface area contributed by atoms with E-state index in [1.807, 2.05) is 30.3 Å². The van der Waals surface area contributed by atoms with Crippen LogP contribution in [-0.2, 0) is 16.1 Å². The number of hydrogen-bond acceptors (Lipinski definition) is 4. The Labute approximate surface area is 157 Å². The molecule has 2 N–H and O–H groups in total. The van der Waals surface area contributed by atoms with Gasteiger partial charge in [-0.2, -0.15) is 0 Å². The number of likely N-dealkylation sites (tertiary alicyclic amines) is 2. The highest BCUT2D eigenvalue weighted by Gasteiger charge is 2.44. The van der Waals surface area contributed by atoms with Crippen LogP contribution in [0.1, 0.15) is 24.8 Å². The van der Waals surface area contributed by atoms with Crippen molar-refractivity contribution in [3.05, 3.63) is 35.9 Å². The number of rotatable bonds is 3. The second kappa shape index (κ2) is 7.09. The van der Waals surface area contributed by atoms with Crippen LogP contribution < -0.4 is 10.6 Å². The lowest BCUT2D eigenvalue weighted by molar-refractivity contribution is -0.128. The first-order valence-corrected chi connectivity index (χ1v) is 9.37. The molecule has 4 amide bonds. The number of carbonyl (C=O) groups excluding carboxylic acids is 3. The Balaban J connectivity index is 1.27. The number of hydrogen-bond donors (Lipinski definition) is 2. The minimum atomic E-state index is -0.469. The second-order valence-corrected chi connectivity index (χ2v) is 7.52. The van der Waals surface area contributed by atoms with E-state index in [2.05, 4.69) is 10.6 Å². The van der Waals surface area contributed by atoms with Crippen molar-refractivity contribution in [2.45, 2.75) is 37.5 Å². The van der Waals surface area contributed by atoms with Gasteiger partial charge in [-0.05, 0) is 5.56 Å². The van der Waals surface area contributed by atoms with Gasteiger partial charge in [0, 0.05) is 45.4 Å². The summed E-state index contributed by atoms with van der Waals surface area (Å²) in [7, 11) is 0. The Bertz CT molecular complexity index is 730. The van der Waals surface area contributed by atoms with Crippen molar-refractivity contribution in [1.29, 1.82) is 0 Å². The lowest BCUT2D eigenvalue weighted by atomic mass is 9.92. The van der Waals surface area contributed by atoms with E-state index in [0.29, 0.717) is 52.0 Å². The third kappa shape index (κ3) is 3.84. The summed E-state index contributed by atoms with van der Waals surface area (Å²) in [6, 6.07) is 9.52. The predicted molar refractivity (Wildman–Crippen MR) is 96.8 cm³/mol. The molecule has 0 aliphatic carbocycles. The van der Waals surface area contributed by atoms with Gasteiger partial charge in [-0.15, -0.1) is 0 Å². The molecule has 3 aliphatic rings. The van der Waals surface area contributed by atoms with Gasteiger partial charge >= 0.3 is 12.1 Å². The number of piperidine rings is 1. The van der Waals surface area contributed by atoms with E-state index in [9.17, 15) is 14.4 Å². The summed E-state index contributed by atoms with van der Waals surface area (Å²) >= 11 is 0. The number of alkyl carbamates (subject to hydrolysis) is 1. The number of nitrogens with zero attached hydrogens (tertiary/aromatic N) is 2. The molecule has 3 aliphatic heterocycles. The van der Waals surface area contributed by atoms with Gasteiger partial charge in [0.15, 0.2) is 0 Å². The van der Waals surface area contributed by atoms with Crippen LogP contribution in [0.5, 0.6) is 0 Å². The monoisotopic (exact) mass is 372 g/mol. The molecule has 0 aromatic heterocycles. The van der Waals surface area contributed by atoms with E-state index in [-0.39, 0.29) is 24.1 Å². The molecule has 0 saturated carbocycles. The average Bonchev–Trinajstić information content (AvgIpc) is 3.19. The van der Waals surface area contributed by atoms with Crippen molar-refractivity contribution in [1.82, 2.24) is 20.4 Å². The molecule has 0 bridgehead atoms. The van der Waals surface area contributed by atoms with Gasteiger partial charge in [-0.1, -0.05) is 30.3 Å². The minimum absolute atomic E-state index is 0.0608. The number of carbonyl (C=O) groups is 3. The molecular formula is C19H24N4O4. The van der Waals surface area contributed by atoms with E-state index in [1.165, 1.54) is 0 Å². The first-order valence-electron chi connectivity index (χ1n) is 9.37. The number of nitrogens with one attached hydrogen (secondary N) is 2. The maximum Gasteiger partial charge on any atom is 0.407 e. The van der Waals surface area contributed by atoms with Gasteiger partial charge in [-0.25, -0.2) is 9.59 Å². The lowest BCUT2D eigenvalue weighted by Gasteiger charge is -2.37. The zero-order chi connectivity index (χ0) is 18.9. The first kappa shape index (κ1) is 17.6. The Morgan fingerprint density at radius 3 is 2.63 bits per heavy atom. The van der Waals surface area contributed by atoms with Crippen LogP contribution in [0.3, 0.4) is 0 Å². The smallest absolute Gasteiger partial charge is 0.407 e. The summed E-state index contributed by atoms with van der Waals surface area (Å²) in [6.45, 7) is 2.67. The molecular weight excluding hydrogens is 348 g/mol. The third-order valence-electron chi connectivity index (χ3n) is 5.58. The summed E-state index contributed by atoms with van der Waals surface area (Å²) in [5.41, 5.74) is 0.614. The molecule has 27 heavy (non-hydrogen) atoms.